The molecule has 1 unspecified atom stereocenters. The van der Waals surface area contributed by atoms with Crippen LogP contribution in [0.25, 0.3) is 0 Å². The molecule has 0 fully saturated rings. The number of nitrogen functional groups attached to an aromatic ring is 1. The second-order valence-corrected chi connectivity index (χ2v) is 4.14. The van der Waals surface area contributed by atoms with Crippen molar-refractivity contribution in [2.45, 2.75) is 6.10 Å². The number of nitrogens with one attached hydrogen (secondary N) is 1. The van der Waals surface area contributed by atoms with E-state index < -0.39 is 0 Å². The van der Waals surface area contributed by atoms with Crippen LogP contribution in [0.5, 0.6) is 5.75 Å². The molecule has 1 aliphatic heterocycles. The van der Waals surface area contributed by atoms with Gasteiger partial charge in [-0.2, -0.15) is 0 Å². The van der Waals surface area contributed by atoms with E-state index in [1.54, 1.807) is 0 Å². The summed E-state index contributed by atoms with van der Waals surface area (Å²) in [6, 6.07) is 5.68. The molecule has 0 aliphatic carbocycles. The van der Waals surface area contributed by atoms with E-state index in [0.29, 0.717) is 0 Å². The first kappa shape index (κ1) is 10.1. The molecule has 1 heterocycles. The molecule has 1 aromatic carbocycles. The molecule has 1 aromatic rings. The summed E-state index contributed by atoms with van der Waals surface area (Å²) >= 11 is 0. The molecule has 0 radical (unpaired) electrons. The number of fused-ring (bicyclic) bond motifs is 1. The van der Waals surface area contributed by atoms with Gasteiger partial charge in [-0.05, 0) is 32.3 Å². The number of hydrogen-bond acceptors (Lipinski definition) is 4. The van der Waals surface area contributed by atoms with Gasteiger partial charge < -0.3 is 20.7 Å². The Balaban J connectivity index is 2.10. The second kappa shape index (κ2) is 3.98. The van der Waals surface area contributed by atoms with Gasteiger partial charge in [-0.15, -0.1) is 0 Å². The molecule has 15 heavy (non-hydrogen) atoms. The molecule has 82 valence electrons. The maximum absolute atomic E-state index is 5.84. The zero-order valence-electron chi connectivity index (χ0n) is 9.16. The molecule has 0 spiro atoms. The molecule has 1 atom stereocenters. The average Bonchev–Trinajstić information content (AvgIpc) is 2.17. The third-order valence-corrected chi connectivity index (χ3v) is 2.39. The molecular weight excluding hydrogens is 190 g/mol. The van der Waals surface area contributed by atoms with Gasteiger partial charge >= 0.3 is 0 Å². The molecule has 4 nitrogen and oxygen atoms in total. The van der Waals surface area contributed by atoms with E-state index in [-0.39, 0.29) is 6.10 Å². The standard InChI is InChI=1S/C11H17N3O/c1-14(2)7-9-6-13-10-5-8(12)3-4-11(10)15-9/h3-5,9,13H,6-7,12H2,1-2H3. The highest BCUT2D eigenvalue weighted by Crippen LogP contribution is 2.30. The minimum atomic E-state index is 0.205. The van der Waals surface area contributed by atoms with Gasteiger partial charge in [-0.3, -0.25) is 0 Å². The first-order valence-corrected chi connectivity index (χ1v) is 5.10. The third kappa shape index (κ3) is 2.33. The van der Waals surface area contributed by atoms with Gasteiger partial charge in [-0.1, -0.05) is 0 Å². The second-order valence-electron chi connectivity index (χ2n) is 4.14. The van der Waals surface area contributed by atoms with Crippen LogP contribution in [0.15, 0.2) is 18.2 Å². The van der Waals surface area contributed by atoms with E-state index in [2.05, 4.69) is 10.2 Å². The number of nitrogens with two attached hydrogens (primary N) is 1. The lowest BCUT2D eigenvalue weighted by Gasteiger charge is -2.29. The number of nitrogens with zero attached hydrogens (tertiary/aromatic N) is 1. The van der Waals surface area contributed by atoms with E-state index in [1.165, 1.54) is 0 Å². The molecular formula is C11H17N3O. The van der Waals surface area contributed by atoms with Crippen molar-refractivity contribution in [1.82, 2.24) is 4.90 Å². The summed E-state index contributed by atoms with van der Waals surface area (Å²) in [7, 11) is 4.09. The molecule has 4 heteroatoms. The van der Waals surface area contributed by atoms with Crippen LogP contribution in [0.3, 0.4) is 0 Å². The number of likely N-dealkylation sites (N-methyl/N-ethyl adjacent to an activating group) is 1. The summed E-state index contributed by atoms with van der Waals surface area (Å²) in [6.07, 6.45) is 0.205. The van der Waals surface area contributed by atoms with Crippen molar-refractivity contribution in [2.24, 2.45) is 0 Å². The molecule has 0 bridgehead atoms. The summed E-state index contributed by atoms with van der Waals surface area (Å²) < 4.78 is 5.84. The Morgan fingerprint density at radius 3 is 3.07 bits per heavy atom. The highest BCUT2D eigenvalue weighted by atomic mass is 16.5. The Morgan fingerprint density at radius 1 is 1.53 bits per heavy atom. The number of benzene rings is 1. The molecule has 3 N–H and O–H groups in total. The van der Waals surface area contributed by atoms with Crippen molar-refractivity contribution in [3.8, 4) is 5.75 Å². The number of rotatable bonds is 2. The molecule has 2 rings (SSSR count). The van der Waals surface area contributed by atoms with E-state index in [1.807, 2.05) is 32.3 Å². The minimum absolute atomic E-state index is 0.205. The van der Waals surface area contributed by atoms with Gasteiger partial charge in [0.2, 0.25) is 0 Å². The van der Waals surface area contributed by atoms with Crippen LogP contribution in [0.1, 0.15) is 0 Å². The lowest BCUT2D eigenvalue weighted by atomic mass is 10.2. The van der Waals surface area contributed by atoms with Crippen molar-refractivity contribution in [3.05, 3.63) is 18.2 Å². The molecule has 1 aliphatic rings. The van der Waals surface area contributed by atoms with Gasteiger partial charge in [0.05, 0.1) is 12.2 Å². The van der Waals surface area contributed by atoms with Crippen LogP contribution in [-0.4, -0.2) is 38.2 Å². The quantitative estimate of drug-likeness (QED) is 0.710. The zero-order valence-corrected chi connectivity index (χ0v) is 9.16. The van der Waals surface area contributed by atoms with Gasteiger partial charge in [0, 0.05) is 12.2 Å². The highest BCUT2D eigenvalue weighted by Gasteiger charge is 2.19. The Labute approximate surface area is 90.0 Å². The predicted octanol–water partition coefficient (Wildman–Crippen LogP) is 1.00. The van der Waals surface area contributed by atoms with Crippen molar-refractivity contribution in [3.63, 3.8) is 0 Å². The summed E-state index contributed by atoms with van der Waals surface area (Å²) in [5.41, 5.74) is 7.44. The van der Waals surface area contributed by atoms with Gasteiger partial charge in [0.1, 0.15) is 11.9 Å². The van der Waals surface area contributed by atoms with Gasteiger partial charge in [-0.25, -0.2) is 0 Å². The fraction of sp³-hybridized carbons (Fsp3) is 0.455. The Morgan fingerprint density at radius 2 is 2.33 bits per heavy atom. The molecule has 0 saturated heterocycles. The number of ether oxygens (including phenoxy) is 1. The molecule has 0 aromatic heterocycles. The average molecular weight is 207 g/mol. The Hall–Kier alpha value is -1.42. The molecule has 0 amide bonds. The van der Waals surface area contributed by atoms with E-state index in [9.17, 15) is 0 Å². The Bertz CT molecular complexity index is 352. The smallest absolute Gasteiger partial charge is 0.143 e. The normalized spacial score (nSPS) is 19.3. The van der Waals surface area contributed by atoms with Crippen LogP contribution < -0.4 is 15.8 Å². The molecule has 0 saturated carbocycles. The van der Waals surface area contributed by atoms with Crippen molar-refractivity contribution >= 4 is 11.4 Å². The van der Waals surface area contributed by atoms with Gasteiger partial charge in [0.25, 0.3) is 0 Å². The number of hydrogen-bond donors (Lipinski definition) is 2. The fourth-order valence-corrected chi connectivity index (χ4v) is 1.74. The summed E-state index contributed by atoms with van der Waals surface area (Å²) in [6.45, 7) is 1.74. The number of anilines is 2. The van der Waals surface area contributed by atoms with E-state index >= 15 is 0 Å². The SMILES string of the molecule is CN(C)CC1CNc2cc(N)ccc2O1. The van der Waals surface area contributed by atoms with Crippen molar-refractivity contribution < 1.29 is 4.74 Å². The van der Waals surface area contributed by atoms with Crippen LogP contribution in [-0.2, 0) is 0 Å². The predicted molar refractivity (Wildman–Crippen MR) is 62.3 cm³/mol. The largest absolute Gasteiger partial charge is 0.485 e. The van der Waals surface area contributed by atoms with Gasteiger partial charge in [0.15, 0.2) is 0 Å². The Kier molecular flexibility index (Phi) is 2.68. The van der Waals surface area contributed by atoms with Crippen LogP contribution in [0.2, 0.25) is 0 Å². The lowest BCUT2D eigenvalue weighted by molar-refractivity contribution is 0.164. The maximum Gasteiger partial charge on any atom is 0.143 e. The third-order valence-electron chi connectivity index (χ3n) is 2.39. The van der Waals surface area contributed by atoms with Crippen LogP contribution in [0.4, 0.5) is 11.4 Å². The summed E-state index contributed by atoms with van der Waals surface area (Å²) in [5, 5.41) is 3.33. The first-order chi connectivity index (χ1) is 7.15. The monoisotopic (exact) mass is 207 g/mol. The summed E-state index contributed by atoms with van der Waals surface area (Å²) in [5.74, 6) is 0.891. The maximum atomic E-state index is 5.84. The van der Waals surface area contributed by atoms with Crippen LogP contribution in [0, 0.1) is 0 Å². The fourth-order valence-electron chi connectivity index (χ4n) is 1.74. The van der Waals surface area contributed by atoms with Crippen molar-refractivity contribution in [1.29, 1.82) is 0 Å². The van der Waals surface area contributed by atoms with E-state index in [4.69, 9.17) is 10.5 Å². The van der Waals surface area contributed by atoms with Crippen molar-refractivity contribution in [2.75, 3.05) is 38.2 Å². The minimum Gasteiger partial charge on any atom is -0.485 e. The zero-order chi connectivity index (χ0) is 10.8. The van der Waals surface area contributed by atoms with E-state index in [0.717, 1.165) is 30.2 Å². The van der Waals surface area contributed by atoms with Crippen LogP contribution >= 0.6 is 0 Å². The lowest BCUT2D eigenvalue weighted by Crippen LogP contribution is -2.38. The highest BCUT2D eigenvalue weighted by molar-refractivity contribution is 5.64. The topological polar surface area (TPSA) is 50.5 Å². The summed E-state index contributed by atoms with van der Waals surface area (Å²) in [4.78, 5) is 2.12. The first-order valence-electron chi connectivity index (χ1n) is 5.10.